The van der Waals surface area contributed by atoms with Gasteiger partial charge in [0.05, 0.1) is 12.1 Å². The average molecular weight is 316 g/mol. The summed E-state index contributed by atoms with van der Waals surface area (Å²) in [4.78, 5) is 26.6. The summed E-state index contributed by atoms with van der Waals surface area (Å²) < 4.78 is 6.11. The number of para-hydroxylation sites is 1. The number of hydrogen-bond donors (Lipinski definition) is 1. The zero-order valence-electron chi connectivity index (χ0n) is 14.0. The molecule has 1 N–H and O–H groups in total. The smallest absolute Gasteiger partial charge is 0.258 e. The van der Waals surface area contributed by atoms with Crippen molar-refractivity contribution < 1.29 is 14.3 Å². The number of hydrogen-bond acceptors (Lipinski definition) is 4. The van der Waals surface area contributed by atoms with Crippen LogP contribution in [0.4, 0.5) is 0 Å². The molecule has 5 nitrogen and oxygen atoms in total. The van der Waals surface area contributed by atoms with Gasteiger partial charge in [-0.2, -0.15) is 0 Å². The number of ketones is 1. The number of carbonyl (C=O) groups excluding carboxylic acids is 2. The van der Waals surface area contributed by atoms with Crippen LogP contribution in [0.2, 0.25) is 0 Å². The Morgan fingerprint density at radius 2 is 1.91 bits per heavy atom. The minimum Gasteiger partial charge on any atom is -0.467 e. The maximum absolute atomic E-state index is 12.3. The Morgan fingerprint density at radius 1 is 1.26 bits per heavy atom. The van der Waals surface area contributed by atoms with Crippen LogP contribution in [-0.4, -0.2) is 41.9 Å². The third-order valence-corrected chi connectivity index (χ3v) is 4.65. The lowest BCUT2D eigenvalue weighted by molar-refractivity contribution is -0.128. The van der Waals surface area contributed by atoms with Gasteiger partial charge in [0.1, 0.15) is 5.75 Å². The number of nitrogens with zero attached hydrogens (tertiary/aromatic N) is 1. The topological polar surface area (TPSA) is 58.6 Å². The molecular weight excluding hydrogens is 292 g/mol. The molecule has 2 heterocycles. The molecule has 0 saturated carbocycles. The van der Waals surface area contributed by atoms with Crippen LogP contribution in [0.3, 0.4) is 0 Å². The van der Waals surface area contributed by atoms with Gasteiger partial charge in [0.15, 0.2) is 11.5 Å². The third-order valence-electron chi connectivity index (χ3n) is 4.65. The third kappa shape index (κ3) is 3.24. The van der Waals surface area contributed by atoms with Gasteiger partial charge in [0, 0.05) is 31.3 Å². The summed E-state index contributed by atoms with van der Waals surface area (Å²) in [5, 5.41) is 3.02. The van der Waals surface area contributed by atoms with E-state index in [4.69, 9.17) is 4.74 Å². The molecule has 1 fully saturated rings. The molecular formula is C18H24N2O3. The van der Waals surface area contributed by atoms with Crippen LogP contribution in [0.25, 0.3) is 0 Å². The lowest BCUT2D eigenvalue weighted by Crippen LogP contribution is -2.61. The summed E-state index contributed by atoms with van der Waals surface area (Å²) in [6.07, 6.45) is 1.37. The van der Waals surface area contributed by atoms with Crippen LogP contribution in [0.1, 0.15) is 44.0 Å². The normalized spacial score (nSPS) is 20.6. The fourth-order valence-corrected chi connectivity index (χ4v) is 2.99. The molecule has 23 heavy (non-hydrogen) atoms. The van der Waals surface area contributed by atoms with Crippen molar-refractivity contribution in [3.05, 3.63) is 29.8 Å². The lowest BCUT2D eigenvalue weighted by atomic mass is 9.89. The van der Waals surface area contributed by atoms with Crippen molar-refractivity contribution in [2.45, 2.75) is 39.3 Å². The number of benzene rings is 1. The van der Waals surface area contributed by atoms with Gasteiger partial charge >= 0.3 is 0 Å². The summed E-state index contributed by atoms with van der Waals surface area (Å²) in [5.41, 5.74) is -0.362. The number of ether oxygens (including phenoxy) is 1. The van der Waals surface area contributed by atoms with Crippen LogP contribution < -0.4 is 10.1 Å². The van der Waals surface area contributed by atoms with E-state index in [1.165, 1.54) is 0 Å². The van der Waals surface area contributed by atoms with Crippen molar-refractivity contribution in [3.8, 4) is 5.75 Å². The molecule has 124 valence electrons. The Balaban J connectivity index is 1.65. The Morgan fingerprint density at radius 3 is 2.57 bits per heavy atom. The number of fused-ring (bicyclic) bond motifs is 1. The van der Waals surface area contributed by atoms with Crippen molar-refractivity contribution >= 4 is 11.7 Å². The standard InChI is InChI=1S/C18H24N2O3/c1-17(2,3)15(21)12-20-10-8-18(9-11-20)19-16(22)13-6-4-5-7-14(13)23-18/h4-7H,8-12H2,1-3H3,(H,19,22). The molecule has 0 radical (unpaired) electrons. The van der Waals surface area contributed by atoms with Crippen LogP contribution >= 0.6 is 0 Å². The van der Waals surface area contributed by atoms with E-state index in [-0.39, 0.29) is 17.1 Å². The van der Waals surface area contributed by atoms with Crippen LogP contribution in [0.15, 0.2) is 24.3 Å². The molecule has 3 rings (SSSR count). The molecule has 1 saturated heterocycles. The number of carbonyl (C=O) groups is 2. The van der Waals surface area contributed by atoms with E-state index in [0.717, 1.165) is 13.1 Å². The predicted octanol–water partition coefficient (Wildman–Crippen LogP) is 2.22. The lowest BCUT2D eigenvalue weighted by Gasteiger charge is -2.44. The second-order valence-corrected chi connectivity index (χ2v) is 7.50. The SMILES string of the molecule is CC(C)(C)C(=O)CN1CCC2(CC1)NC(=O)c1ccccc1O2. The van der Waals surface area contributed by atoms with E-state index in [9.17, 15) is 9.59 Å². The molecule has 5 heteroatoms. The molecule has 2 aliphatic rings. The largest absolute Gasteiger partial charge is 0.467 e. The van der Waals surface area contributed by atoms with Crippen LogP contribution in [0.5, 0.6) is 5.75 Å². The number of rotatable bonds is 2. The van der Waals surface area contributed by atoms with Gasteiger partial charge < -0.3 is 10.1 Å². The number of nitrogens with one attached hydrogen (secondary N) is 1. The monoisotopic (exact) mass is 316 g/mol. The van der Waals surface area contributed by atoms with E-state index in [1.54, 1.807) is 6.07 Å². The fraction of sp³-hybridized carbons (Fsp3) is 0.556. The predicted molar refractivity (Wildman–Crippen MR) is 87.4 cm³/mol. The highest BCUT2D eigenvalue weighted by Gasteiger charge is 2.42. The molecule has 1 spiro atoms. The molecule has 0 aliphatic carbocycles. The molecule has 1 aromatic rings. The molecule has 0 atom stereocenters. The van der Waals surface area contributed by atoms with Crippen LogP contribution in [0, 0.1) is 5.41 Å². The van der Waals surface area contributed by atoms with Gasteiger partial charge in [-0.25, -0.2) is 0 Å². The first kappa shape index (κ1) is 16.0. The highest BCUT2D eigenvalue weighted by Crippen LogP contribution is 2.33. The number of Topliss-reactive ketones (excluding diaryl/α,β-unsaturated/α-hetero) is 1. The second-order valence-electron chi connectivity index (χ2n) is 7.50. The van der Waals surface area contributed by atoms with E-state index in [1.807, 2.05) is 39.0 Å². The molecule has 0 bridgehead atoms. The number of amides is 1. The Kier molecular flexibility index (Phi) is 3.92. The number of piperidine rings is 1. The van der Waals surface area contributed by atoms with Gasteiger partial charge in [-0.15, -0.1) is 0 Å². The van der Waals surface area contributed by atoms with Crippen molar-refractivity contribution in [1.29, 1.82) is 0 Å². The van der Waals surface area contributed by atoms with E-state index < -0.39 is 5.72 Å². The van der Waals surface area contributed by atoms with Gasteiger partial charge in [-0.05, 0) is 12.1 Å². The van der Waals surface area contributed by atoms with Gasteiger partial charge in [0.2, 0.25) is 0 Å². The number of likely N-dealkylation sites (tertiary alicyclic amines) is 1. The van der Waals surface area contributed by atoms with Crippen molar-refractivity contribution in [2.24, 2.45) is 5.41 Å². The van der Waals surface area contributed by atoms with Crippen molar-refractivity contribution in [3.63, 3.8) is 0 Å². The maximum atomic E-state index is 12.3. The minimum atomic E-state index is -0.632. The quantitative estimate of drug-likeness (QED) is 0.909. The van der Waals surface area contributed by atoms with E-state index >= 15 is 0 Å². The second kappa shape index (κ2) is 5.64. The fourth-order valence-electron chi connectivity index (χ4n) is 2.99. The van der Waals surface area contributed by atoms with Crippen molar-refractivity contribution in [2.75, 3.05) is 19.6 Å². The molecule has 0 aromatic heterocycles. The zero-order valence-corrected chi connectivity index (χ0v) is 14.0. The Hall–Kier alpha value is -1.88. The first-order valence-corrected chi connectivity index (χ1v) is 8.15. The summed E-state index contributed by atoms with van der Waals surface area (Å²) >= 11 is 0. The van der Waals surface area contributed by atoms with E-state index in [0.29, 0.717) is 30.7 Å². The zero-order chi connectivity index (χ0) is 16.7. The van der Waals surface area contributed by atoms with Gasteiger partial charge in [-0.1, -0.05) is 32.9 Å². The molecule has 0 unspecified atom stereocenters. The van der Waals surface area contributed by atoms with Gasteiger partial charge in [-0.3, -0.25) is 14.5 Å². The maximum Gasteiger partial charge on any atom is 0.258 e. The summed E-state index contributed by atoms with van der Waals surface area (Å²) in [5.74, 6) is 0.814. The molecule has 1 aromatic carbocycles. The Labute approximate surface area is 137 Å². The minimum absolute atomic E-state index is 0.0777. The summed E-state index contributed by atoms with van der Waals surface area (Å²) in [6, 6.07) is 7.32. The van der Waals surface area contributed by atoms with Crippen LogP contribution in [-0.2, 0) is 4.79 Å². The Bertz CT molecular complexity index is 625. The first-order chi connectivity index (χ1) is 10.8. The van der Waals surface area contributed by atoms with Crippen molar-refractivity contribution in [1.82, 2.24) is 10.2 Å². The highest BCUT2D eigenvalue weighted by atomic mass is 16.5. The first-order valence-electron chi connectivity index (χ1n) is 8.15. The molecule has 2 aliphatic heterocycles. The summed E-state index contributed by atoms with van der Waals surface area (Å²) in [6.45, 7) is 7.78. The van der Waals surface area contributed by atoms with E-state index in [2.05, 4.69) is 10.2 Å². The summed E-state index contributed by atoms with van der Waals surface area (Å²) in [7, 11) is 0. The average Bonchev–Trinajstić information content (AvgIpc) is 2.49. The molecule has 1 amide bonds. The van der Waals surface area contributed by atoms with Gasteiger partial charge in [0.25, 0.3) is 5.91 Å². The highest BCUT2D eigenvalue weighted by molar-refractivity contribution is 5.98.